The van der Waals surface area contributed by atoms with Crippen LogP contribution in [0, 0.1) is 0 Å². The van der Waals surface area contributed by atoms with Crippen LogP contribution in [0.1, 0.15) is 0 Å². The SMILES string of the molecule is c1cc2c3c(cccc3c1)-c1c-2sc2cc(-c3ccc4c5c6ccccc6ccc5n(-c5ccc6sc7ccccc7c6c5)c4c3)ccc12. The molecule has 0 N–H and O–H groups in total. The van der Waals surface area contributed by atoms with Crippen molar-refractivity contribution in [1.29, 1.82) is 0 Å². The van der Waals surface area contributed by atoms with Crippen LogP contribution in [0.2, 0.25) is 0 Å². The molecule has 3 aromatic heterocycles. The van der Waals surface area contributed by atoms with Gasteiger partial charge in [-0.15, -0.1) is 22.7 Å². The highest BCUT2D eigenvalue weighted by Crippen LogP contribution is 2.54. The van der Waals surface area contributed by atoms with Gasteiger partial charge in [-0.25, -0.2) is 0 Å². The summed E-state index contributed by atoms with van der Waals surface area (Å²) in [7, 11) is 0. The molecule has 0 unspecified atom stereocenters. The summed E-state index contributed by atoms with van der Waals surface area (Å²) in [5.41, 5.74) is 10.3. The maximum atomic E-state index is 2.49. The molecule has 0 aliphatic heterocycles. The van der Waals surface area contributed by atoms with Crippen molar-refractivity contribution in [3.8, 4) is 38.4 Å². The molecule has 0 bridgehead atoms. The lowest BCUT2D eigenvalue weighted by Gasteiger charge is -2.10. The first-order valence-corrected chi connectivity index (χ1v) is 18.4. The summed E-state index contributed by atoms with van der Waals surface area (Å²) in [5.74, 6) is 0. The maximum absolute atomic E-state index is 2.49. The van der Waals surface area contributed by atoms with Gasteiger partial charge in [-0.2, -0.15) is 0 Å². The molecule has 12 rings (SSSR count). The van der Waals surface area contributed by atoms with Gasteiger partial charge < -0.3 is 4.57 Å². The fraction of sp³-hybridized carbons (Fsp3) is 0. The number of hydrogen-bond donors (Lipinski definition) is 0. The smallest absolute Gasteiger partial charge is 0.0547 e. The first kappa shape index (κ1) is 26.2. The Hall–Kier alpha value is -5.74. The van der Waals surface area contributed by atoms with Gasteiger partial charge in [0.2, 0.25) is 0 Å². The molecule has 0 saturated carbocycles. The van der Waals surface area contributed by atoms with Crippen LogP contribution >= 0.6 is 22.7 Å². The van der Waals surface area contributed by atoms with Gasteiger partial charge in [-0.3, -0.25) is 0 Å². The first-order chi connectivity index (χ1) is 24.3. The van der Waals surface area contributed by atoms with Crippen LogP contribution in [-0.2, 0) is 0 Å². The Balaban J connectivity index is 1.10. The summed E-state index contributed by atoms with van der Waals surface area (Å²) in [4.78, 5) is 1.40. The molecular weight excluding hydrogens is 631 g/mol. The number of rotatable bonds is 2. The molecule has 3 heterocycles. The van der Waals surface area contributed by atoms with Crippen molar-refractivity contribution in [2.75, 3.05) is 0 Å². The third-order valence-corrected chi connectivity index (χ3v) is 13.1. The van der Waals surface area contributed by atoms with Crippen LogP contribution < -0.4 is 0 Å². The number of aromatic nitrogens is 1. The molecule has 0 fully saturated rings. The first-order valence-electron chi connectivity index (χ1n) is 16.8. The molecule has 0 spiro atoms. The van der Waals surface area contributed by atoms with E-state index in [0.29, 0.717) is 0 Å². The lowest BCUT2D eigenvalue weighted by molar-refractivity contribution is 1.19. The number of fused-ring (bicyclic) bond motifs is 13. The second kappa shape index (κ2) is 9.45. The van der Waals surface area contributed by atoms with E-state index in [4.69, 9.17) is 0 Å². The Morgan fingerprint density at radius 1 is 0.388 bits per heavy atom. The van der Waals surface area contributed by atoms with Crippen molar-refractivity contribution in [3.63, 3.8) is 0 Å². The van der Waals surface area contributed by atoms with Crippen LogP contribution in [0.25, 0.3) is 112 Å². The van der Waals surface area contributed by atoms with E-state index < -0.39 is 0 Å². The van der Waals surface area contributed by atoms with E-state index >= 15 is 0 Å². The Bertz CT molecular complexity index is 3220. The van der Waals surface area contributed by atoms with E-state index in [1.807, 2.05) is 22.7 Å². The Labute approximate surface area is 289 Å². The van der Waals surface area contributed by atoms with E-state index in [9.17, 15) is 0 Å². The molecule has 0 atom stereocenters. The quantitative estimate of drug-likeness (QED) is 0.175. The zero-order valence-electron chi connectivity index (χ0n) is 26.2. The average Bonchev–Trinajstić information content (AvgIpc) is 3.89. The fourth-order valence-electron chi connectivity index (χ4n) is 8.57. The van der Waals surface area contributed by atoms with E-state index in [-0.39, 0.29) is 0 Å². The average molecular weight is 656 g/mol. The molecule has 8 aromatic carbocycles. The van der Waals surface area contributed by atoms with Crippen molar-refractivity contribution >= 4 is 96.3 Å². The summed E-state index contributed by atoms with van der Waals surface area (Å²) < 4.78 is 6.49. The molecular formula is C46H25NS2. The summed E-state index contributed by atoms with van der Waals surface area (Å²) >= 11 is 3.80. The molecule has 0 radical (unpaired) electrons. The van der Waals surface area contributed by atoms with E-state index in [2.05, 4.69) is 156 Å². The van der Waals surface area contributed by atoms with Gasteiger partial charge in [0.25, 0.3) is 0 Å². The molecule has 0 amide bonds. The second-order valence-electron chi connectivity index (χ2n) is 13.3. The van der Waals surface area contributed by atoms with E-state index in [1.165, 1.54) is 112 Å². The summed E-state index contributed by atoms with van der Waals surface area (Å²) in [5, 5.41) is 11.9. The molecule has 1 aliphatic rings. The highest BCUT2D eigenvalue weighted by Gasteiger charge is 2.26. The van der Waals surface area contributed by atoms with Crippen LogP contribution in [0.5, 0.6) is 0 Å². The predicted molar refractivity (Wildman–Crippen MR) is 214 cm³/mol. The van der Waals surface area contributed by atoms with Crippen molar-refractivity contribution in [3.05, 3.63) is 152 Å². The summed E-state index contributed by atoms with van der Waals surface area (Å²) in [6.45, 7) is 0. The number of nitrogens with zero attached hydrogens (tertiary/aromatic N) is 1. The van der Waals surface area contributed by atoms with Gasteiger partial charge in [-0.05, 0) is 80.7 Å². The third kappa shape index (κ3) is 3.48. The predicted octanol–water partition coefficient (Wildman–Crippen LogP) is 14.0. The van der Waals surface area contributed by atoms with Gasteiger partial charge in [0.05, 0.1) is 11.0 Å². The molecule has 11 aromatic rings. The van der Waals surface area contributed by atoms with Gasteiger partial charge in [0.1, 0.15) is 0 Å². The van der Waals surface area contributed by atoms with Crippen LogP contribution in [0.4, 0.5) is 0 Å². The van der Waals surface area contributed by atoms with Crippen molar-refractivity contribution in [2.45, 2.75) is 0 Å². The maximum Gasteiger partial charge on any atom is 0.0547 e. The number of hydrogen-bond acceptors (Lipinski definition) is 2. The van der Waals surface area contributed by atoms with Crippen molar-refractivity contribution in [1.82, 2.24) is 4.57 Å². The molecule has 0 saturated heterocycles. The van der Waals surface area contributed by atoms with Gasteiger partial charge >= 0.3 is 0 Å². The Morgan fingerprint density at radius 2 is 1.14 bits per heavy atom. The zero-order chi connectivity index (χ0) is 31.8. The standard InChI is InChI=1S/C46H25NS2/c1-2-10-31-26(7-1)17-21-38-44(31)33-19-15-28(23-39(33)47(38)30-18-22-41-37(25-30)32-11-3-4-14-40(32)48-41)29-16-20-34-42(24-29)49-46-36-13-6-9-27-8-5-12-35(43(27)36)45(34)46/h1-25H. The van der Waals surface area contributed by atoms with Crippen LogP contribution in [0.3, 0.4) is 0 Å². The summed E-state index contributed by atoms with van der Waals surface area (Å²) in [6, 6.07) is 56.8. The molecule has 1 nitrogen and oxygen atoms in total. The summed E-state index contributed by atoms with van der Waals surface area (Å²) in [6.07, 6.45) is 0. The molecule has 3 heteroatoms. The minimum atomic E-state index is 1.20. The minimum absolute atomic E-state index is 1.20. The fourth-order valence-corrected chi connectivity index (χ4v) is 10.9. The Morgan fingerprint density at radius 3 is 2.06 bits per heavy atom. The molecule has 226 valence electrons. The lowest BCUT2D eigenvalue weighted by atomic mass is 9.99. The van der Waals surface area contributed by atoms with E-state index in [1.54, 1.807) is 0 Å². The second-order valence-corrected chi connectivity index (χ2v) is 15.4. The van der Waals surface area contributed by atoms with Gasteiger partial charge in [0.15, 0.2) is 0 Å². The third-order valence-electron chi connectivity index (χ3n) is 10.7. The van der Waals surface area contributed by atoms with Crippen LogP contribution in [0.15, 0.2) is 152 Å². The van der Waals surface area contributed by atoms with Crippen molar-refractivity contribution < 1.29 is 0 Å². The highest BCUT2D eigenvalue weighted by atomic mass is 32.1. The molecule has 49 heavy (non-hydrogen) atoms. The largest absolute Gasteiger partial charge is 0.309 e. The van der Waals surface area contributed by atoms with Crippen LogP contribution in [-0.4, -0.2) is 4.57 Å². The number of thiophene rings is 2. The normalized spacial score (nSPS) is 12.5. The zero-order valence-corrected chi connectivity index (χ0v) is 27.8. The lowest BCUT2D eigenvalue weighted by Crippen LogP contribution is -1.94. The monoisotopic (exact) mass is 655 g/mol. The van der Waals surface area contributed by atoms with E-state index in [0.717, 1.165) is 0 Å². The topological polar surface area (TPSA) is 4.93 Å². The highest BCUT2D eigenvalue weighted by molar-refractivity contribution is 7.25. The number of benzene rings is 8. The minimum Gasteiger partial charge on any atom is -0.309 e. The Kier molecular flexibility index (Phi) is 5.06. The molecule has 1 aliphatic carbocycles. The van der Waals surface area contributed by atoms with Gasteiger partial charge in [0, 0.05) is 62.7 Å². The van der Waals surface area contributed by atoms with Crippen molar-refractivity contribution in [2.24, 2.45) is 0 Å². The van der Waals surface area contributed by atoms with Gasteiger partial charge in [-0.1, -0.05) is 109 Å².